The number of methoxy groups -OCH3 is 1. The minimum absolute atomic E-state index is 0.0427. The maximum Gasteiger partial charge on any atom is 0.414 e. The number of halogens is 2. The maximum absolute atomic E-state index is 15.2. The second kappa shape index (κ2) is 12.1. The lowest BCUT2D eigenvalue weighted by molar-refractivity contribution is 0.142. The van der Waals surface area contributed by atoms with E-state index in [1.807, 2.05) is 6.07 Å². The standard InChI is InChI=1S/C24H29F2N7O4S/c1-36-23(38)29-13-18-14-32(24(35)37-18)17-10-19(25)21(20(26)11-17)31-6-5-30-33(8-7-31)22(34)28-12-15-3-2-4-16(27)9-15/h2-4,9-11,18,30H,5-8,12-14,27H2,1H3,(H,28,34)(H,29,38)/t18-/m0/s1. The summed E-state index contributed by atoms with van der Waals surface area (Å²) in [6.07, 6.45) is -1.29. The number of anilines is 3. The zero-order valence-electron chi connectivity index (χ0n) is 20.7. The summed E-state index contributed by atoms with van der Waals surface area (Å²) in [6, 6.07) is 9.00. The number of amides is 3. The first kappa shape index (κ1) is 27.1. The van der Waals surface area contributed by atoms with Crippen LogP contribution in [-0.2, 0) is 16.0 Å². The van der Waals surface area contributed by atoms with Crippen molar-refractivity contribution in [3.63, 3.8) is 0 Å². The number of nitrogens with one attached hydrogen (secondary N) is 3. The topological polar surface area (TPSA) is 124 Å². The SMILES string of the molecule is COC(=S)NC[C@H]1CN(c2cc(F)c(N3CCNN(C(=O)NCc4cccc(N)c4)CC3)c(F)c2)C(=O)O1. The predicted molar refractivity (Wildman–Crippen MR) is 142 cm³/mol. The smallest absolute Gasteiger partial charge is 0.414 e. The van der Waals surface area contributed by atoms with Crippen LogP contribution in [0.5, 0.6) is 0 Å². The molecule has 38 heavy (non-hydrogen) atoms. The highest BCUT2D eigenvalue weighted by Crippen LogP contribution is 2.31. The second-order valence-electron chi connectivity index (χ2n) is 8.70. The second-order valence-corrected chi connectivity index (χ2v) is 9.07. The van der Waals surface area contributed by atoms with Crippen molar-refractivity contribution in [3.05, 3.63) is 53.6 Å². The highest BCUT2D eigenvalue weighted by molar-refractivity contribution is 7.80. The predicted octanol–water partition coefficient (Wildman–Crippen LogP) is 1.93. The number of hydrogen-bond donors (Lipinski definition) is 4. The van der Waals surface area contributed by atoms with Gasteiger partial charge >= 0.3 is 12.1 Å². The molecule has 2 aliphatic heterocycles. The molecule has 0 spiro atoms. The highest BCUT2D eigenvalue weighted by atomic mass is 32.1. The molecule has 1 atom stereocenters. The van der Waals surface area contributed by atoms with Crippen molar-refractivity contribution in [2.45, 2.75) is 12.6 Å². The minimum atomic E-state index is -0.825. The molecule has 0 saturated carbocycles. The van der Waals surface area contributed by atoms with Crippen molar-refractivity contribution >= 4 is 46.6 Å². The number of benzene rings is 2. The van der Waals surface area contributed by atoms with Gasteiger partial charge < -0.3 is 30.7 Å². The Bertz CT molecular complexity index is 1180. The van der Waals surface area contributed by atoms with Gasteiger partial charge in [0, 0.05) is 44.0 Å². The number of thiocarbonyl (C=S) groups is 1. The molecular formula is C24H29F2N7O4S. The molecule has 2 heterocycles. The van der Waals surface area contributed by atoms with Crippen LogP contribution < -0.4 is 31.6 Å². The van der Waals surface area contributed by atoms with Gasteiger partial charge in [0.05, 0.1) is 32.4 Å². The summed E-state index contributed by atoms with van der Waals surface area (Å²) < 4.78 is 40.4. The number of cyclic esters (lactones) is 1. The van der Waals surface area contributed by atoms with Crippen molar-refractivity contribution in [2.75, 3.05) is 61.9 Å². The monoisotopic (exact) mass is 549 g/mol. The summed E-state index contributed by atoms with van der Waals surface area (Å²) in [4.78, 5) is 27.6. The van der Waals surface area contributed by atoms with E-state index in [0.29, 0.717) is 5.69 Å². The van der Waals surface area contributed by atoms with Crippen LogP contribution in [0.3, 0.4) is 0 Å². The average Bonchev–Trinajstić information content (AvgIpc) is 3.09. The number of hydrogen-bond acceptors (Lipinski definition) is 8. The molecule has 0 aliphatic carbocycles. The van der Waals surface area contributed by atoms with Crippen molar-refractivity contribution in [2.24, 2.45) is 0 Å². The maximum atomic E-state index is 15.2. The molecule has 0 radical (unpaired) electrons. The first-order valence-electron chi connectivity index (χ1n) is 11.9. The summed E-state index contributed by atoms with van der Waals surface area (Å²) >= 11 is 4.90. The normalized spacial score (nSPS) is 17.6. The summed E-state index contributed by atoms with van der Waals surface area (Å²) in [5.74, 6) is -1.65. The number of nitrogen functional groups attached to an aromatic ring is 1. The van der Waals surface area contributed by atoms with Crippen LogP contribution in [0.2, 0.25) is 0 Å². The van der Waals surface area contributed by atoms with Gasteiger partial charge in [-0.3, -0.25) is 9.91 Å². The van der Waals surface area contributed by atoms with Gasteiger partial charge in [-0.1, -0.05) is 12.1 Å². The third kappa shape index (κ3) is 6.50. The van der Waals surface area contributed by atoms with Gasteiger partial charge in [0.2, 0.25) is 0 Å². The number of hydrazine groups is 1. The molecule has 4 rings (SSSR count). The number of ether oxygens (including phenoxy) is 2. The molecule has 2 aliphatic rings. The highest BCUT2D eigenvalue weighted by Gasteiger charge is 2.34. The largest absolute Gasteiger partial charge is 0.474 e. The van der Waals surface area contributed by atoms with Crippen LogP contribution in [0.1, 0.15) is 5.56 Å². The Morgan fingerprint density at radius 1 is 1.21 bits per heavy atom. The lowest BCUT2D eigenvalue weighted by Gasteiger charge is -2.25. The number of nitrogens with zero attached hydrogens (tertiary/aromatic N) is 3. The Balaban J connectivity index is 1.37. The molecule has 3 amide bonds. The van der Waals surface area contributed by atoms with E-state index in [1.54, 1.807) is 18.2 Å². The van der Waals surface area contributed by atoms with Crippen LogP contribution in [0.25, 0.3) is 0 Å². The van der Waals surface area contributed by atoms with E-state index in [1.165, 1.54) is 17.0 Å². The van der Waals surface area contributed by atoms with Crippen LogP contribution in [-0.4, -0.2) is 74.8 Å². The van der Waals surface area contributed by atoms with Gasteiger partial charge in [-0.05, 0) is 29.9 Å². The number of urea groups is 1. The molecule has 2 aromatic rings. The van der Waals surface area contributed by atoms with E-state index in [4.69, 9.17) is 27.4 Å². The zero-order chi connectivity index (χ0) is 27.2. The Labute approximate surface area is 223 Å². The zero-order valence-corrected chi connectivity index (χ0v) is 21.5. The lowest BCUT2D eigenvalue weighted by Crippen LogP contribution is -2.48. The number of rotatable bonds is 6. The van der Waals surface area contributed by atoms with Gasteiger partial charge in [-0.25, -0.2) is 23.8 Å². The third-order valence-corrected chi connectivity index (χ3v) is 6.39. The minimum Gasteiger partial charge on any atom is -0.474 e. The summed E-state index contributed by atoms with van der Waals surface area (Å²) in [7, 11) is 1.41. The van der Waals surface area contributed by atoms with Gasteiger partial charge in [-0.15, -0.1) is 0 Å². The van der Waals surface area contributed by atoms with Crippen LogP contribution in [0, 0.1) is 11.6 Å². The van der Waals surface area contributed by atoms with E-state index in [2.05, 4.69) is 16.1 Å². The van der Waals surface area contributed by atoms with Crippen LogP contribution in [0.4, 0.5) is 35.4 Å². The molecular weight excluding hydrogens is 520 g/mol. The molecule has 11 nitrogen and oxygen atoms in total. The molecule has 0 aromatic heterocycles. The lowest BCUT2D eigenvalue weighted by atomic mass is 10.2. The van der Waals surface area contributed by atoms with E-state index in [9.17, 15) is 9.59 Å². The summed E-state index contributed by atoms with van der Waals surface area (Å²) in [6.45, 7) is 1.47. The molecule has 5 N–H and O–H groups in total. The first-order valence-corrected chi connectivity index (χ1v) is 12.3. The van der Waals surface area contributed by atoms with E-state index >= 15 is 8.78 Å². The number of carbonyl (C=O) groups is 2. The molecule has 2 fully saturated rings. The van der Waals surface area contributed by atoms with E-state index in [0.717, 1.165) is 22.6 Å². The Morgan fingerprint density at radius 3 is 2.68 bits per heavy atom. The number of carbonyl (C=O) groups excluding carboxylic acids is 2. The van der Waals surface area contributed by atoms with Gasteiger partial charge in [-0.2, -0.15) is 0 Å². The fourth-order valence-electron chi connectivity index (χ4n) is 4.22. The molecule has 0 bridgehead atoms. The molecule has 0 unspecified atom stereocenters. The van der Waals surface area contributed by atoms with Crippen molar-refractivity contribution in [1.29, 1.82) is 0 Å². The van der Waals surface area contributed by atoms with Crippen LogP contribution >= 0.6 is 12.2 Å². The Hall–Kier alpha value is -3.91. The first-order chi connectivity index (χ1) is 18.2. The van der Waals surface area contributed by atoms with E-state index in [-0.39, 0.29) is 68.4 Å². The van der Waals surface area contributed by atoms with Crippen molar-refractivity contribution < 1.29 is 27.8 Å². The van der Waals surface area contributed by atoms with Gasteiger partial charge in [0.25, 0.3) is 5.17 Å². The third-order valence-electron chi connectivity index (χ3n) is 6.08. The molecule has 204 valence electrons. The summed E-state index contributed by atoms with van der Waals surface area (Å²) in [5.41, 5.74) is 10.0. The van der Waals surface area contributed by atoms with Crippen molar-refractivity contribution in [3.8, 4) is 0 Å². The molecule has 14 heteroatoms. The van der Waals surface area contributed by atoms with Gasteiger partial charge in [0.1, 0.15) is 11.8 Å². The summed E-state index contributed by atoms with van der Waals surface area (Å²) in [5, 5.41) is 7.10. The Kier molecular flexibility index (Phi) is 8.63. The van der Waals surface area contributed by atoms with E-state index < -0.39 is 23.8 Å². The average molecular weight is 550 g/mol. The van der Waals surface area contributed by atoms with Gasteiger partial charge in [0.15, 0.2) is 11.6 Å². The quantitative estimate of drug-likeness (QED) is 0.316. The number of nitrogens with two attached hydrogens (primary N) is 1. The molecule has 2 aromatic carbocycles. The van der Waals surface area contributed by atoms with Crippen LogP contribution in [0.15, 0.2) is 36.4 Å². The Morgan fingerprint density at radius 2 is 1.97 bits per heavy atom. The van der Waals surface area contributed by atoms with Crippen molar-refractivity contribution in [1.82, 2.24) is 21.1 Å². The fraction of sp³-hybridized carbons (Fsp3) is 0.375. The molecule has 2 saturated heterocycles. The fourth-order valence-corrected chi connectivity index (χ4v) is 4.31.